The van der Waals surface area contributed by atoms with E-state index in [1.165, 1.54) is 16.1 Å². The summed E-state index contributed by atoms with van der Waals surface area (Å²) in [6.45, 7) is 8.60. The quantitative estimate of drug-likeness (QED) is 0.870. The van der Waals surface area contributed by atoms with Gasteiger partial charge >= 0.3 is 0 Å². The van der Waals surface area contributed by atoms with Crippen LogP contribution in [0.25, 0.3) is 10.6 Å². The van der Waals surface area contributed by atoms with Crippen LogP contribution in [0.2, 0.25) is 0 Å². The molecule has 0 atom stereocenters. The summed E-state index contributed by atoms with van der Waals surface area (Å²) in [6.07, 6.45) is 3.13. The van der Waals surface area contributed by atoms with Crippen molar-refractivity contribution in [1.29, 1.82) is 0 Å². The lowest BCUT2D eigenvalue weighted by Crippen LogP contribution is -2.22. The largest absolute Gasteiger partial charge is 0.311 e. The van der Waals surface area contributed by atoms with Crippen LogP contribution in [-0.4, -0.2) is 21.3 Å². The Bertz CT molecular complexity index is 580. The van der Waals surface area contributed by atoms with Gasteiger partial charge in [0.05, 0.1) is 17.0 Å². The Labute approximate surface area is 117 Å². The van der Waals surface area contributed by atoms with Crippen LogP contribution in [-0.2, 0) is 25.4 Å². The van der Waals surface area contributed by atoms with Crippen molar-refractivity contribution in [1.82, 2.24) is 20.1 Å². The van der Waals surface area contributed by atoms with Gasteiger partial charge in [0.15, 0.2) is 0 Å². The molecule has 0 aliphatic carbocycles. The molecule has 3 heterocycles. The van der Waals surface area contributed by atoms with Gasteiger partial charge in [-0.05, 0) is 0 Å². The minimum atomic E-state index is 0.0427. The molecule has 3 rings (SSSR count). The molecule has 19 heavy (non-hydrogen) atoms. The van der Waals surface area contributed by atoms with Crippen LogP contribution < -0.4 is 5.32 Å². The molecule has 1 N–H and O–H groups in total. The van der Waals surface area contributed by atoms with E-state index in [1.54, 1.807) is 11.3 Å². The Balaban J connectivity index is 2.09. The Kier molecular flexibility index (Phi) is 2.98. The maximum atomic E-state index is 4.83. The molecule has 1 aliphatic rings. The molecule has 0 bridgehead atoms. The third-order valence-electron chi connectivity index (χ3n) is 3.37. The maximum Gasteiger partial charge on any atom is 0.127 e. The third kappa shape index (κ3) is 2.32. The van der Waals surface area contributed by atoms with Gasteiger partial charge in [-0.3, -0.25) is 4.68 Å². The molecular formula is C14H20N4S. The molecule has 4 nitrogen and oxygen atoms in total. The predicted octanol–water partition coefficient (Wildman–Crippen LogP) is 2.49. The van der Waals surface area contributed by atoms with Gasteiger partial charge in [-0.2, -0.15) is 5.10 Å². The predicted molar refractivity (Wildman–Crippen MR) is 78.4 cm³/mol. The highest BCUT2D eigenvalue weighted by Gasteiger charge is 2.25. The minimum absolute atomic E-state index is 0.0427. The Morgan fingerprint density at radius 3 is 2.84 bits per heavy atom. The summed E-state index contributed by atoms with van der Waals surface area (Å²) in [5.74, 6) is 0. The van der Waals surface area contributed by atoms with Gasteiger partial charge in [0.1, 0.15) is 5.01 Å². The molecule has 0 saturated heterocycles. The summed E-state index contributed by atoms with van der Waals surface area (Å²) in [7, 11) is 1.98. The second-order valence-corrected chi connectivity index (χ2v) is 7.21. The number of thiazole rings is 1. The molecule has 2 aromatic rings. The zero-order valence-corrected chi connectivity index (χ0v) is 12.8. The highest BCUT2D eigenvalue weighted by molar-refractivity contribution is 7.15. The van der Waals surface area contributed by atoms with Gasteiger partial charge in [-0.25, -0.2) is 4.98 Å². The standard InChI is InChI=1S/C14H20N4S/c1-14(2,3)12-9(8-18(4)17-12)13-16-10-5-6-15-7-11(10)19-13/h8,15H,5-7H2,1-4H3. The number of fused-ring (bicyclic) bond motifs is 1. The summed E-state index contributed by atoms with van der Waals surface area (Å²) in [5, 5.41) is 9.15. The highest BCUT2D eigenvalue weighted by Crippen LogP contribution is 2.35. The van der Waals surface area contributed by atoms with Crippen LogP contribution in [0.1, 0.15) is 37.0 Å². The van der Waals surface area contributed by atoms with Gasteiger partial charge in [-0.1, -0.05) is 20.8 Å². The molecule has 0 aromatic carbocycles. The first kappa shape index (κ1) is 12.8. The number of hydrogen-bond acceptors (Lipinski definition) is 4. The van der Waals surface area contributed by atoms with Crippen LogP contribution in [0.15, 0.2) is 6.20 Å². The van der Waals surface area contributed by atoms with Crippen molar-refractivity contribution in [3.05, 3.63) is 22.5 Å². The van der Waals surface area contributed by atoms with E-state index < -0.39 is 0 Å². The van der Waals surface area contributed by atoms with E-state index in [0.717, 1.165) is 30.2 Å². The molecule has 0 radical (unpaired) electrons. The second-order valence-electron chi connectivity index (χ2n) is 6.13. The second kappa shape index (κ2) is 4.42. The van der Waals surface area contributed by atoms with Crippen molar-refractivity contribution in [2.75, 3.05) is 6.54 Å². The van der Waals surface area contributed by atoms with Gasteiger partial charge in [0, 0.05) is 43.0 Å². The lowest BCUT2D eigenvalue weighted by atomic mass is 9.90. The molecule has 0 amide bonds. The van der Waals surface area contributed by atoms with Crippen molar-refractivity contribution >= 4 is 11.3 Å². The molecule has 0 saturated carbocycles. The highest BCUT2D eigenvalue weighted by atomic mass is 32.1. The Morgan fingerprint density at radius 1 is 1.37 bits per heavy atom. The fraction of sp³-hybridized carbons (Fsp3) is 0.571. The van der Waals surface area contributed by atoms with Crippen LogP contribution in [0.4, 0.5) is 0 Å². The van der Waals surface area contributed by atoms with Crippen molar-refractivity contribution in [3.63, 3.8) is 0 Å². The number of hydrogen-bond donors (Lipinski definition) is 1. The SMILES string of the molecule is Cn1cc(-c2nc3c(s2)CNCC3)c(C(C)(C)C)n1. The number of aromatic nitrogens is 3. The summed E-state index contributed by atoms with van der Waals surface area (Å²) >= 11 is 1.81. The Hall–Kier alpha value is -1.20. The van der Waals surface area contributed by atoms with E-state index in [9.17, 15) is 0 Å². The van der Waals surface area contributed by atoms with Gasteiger partial charge in [0.2, 0.25) is 0 Å². The average Bonchev–Trinajstić information content (AvgIpc) is 2.90. The molecule has 0 unspecified atom stereocenters. The number of rotatable bonds is 1. The normalized spacial score (nSPS) is 15.6. The first-order chi connectivity index (χ1) is 8.95. The van der Waals surface area contributed by atoms with Crippen molar-refractivity contribution in [2.45, 2.75) is 39.2 Å². The van der Waals surface area contributed by atoms with E-state index in [1.807, 2.05) is 11.7 Å². The van der Waals surface area contributed by atoms with E-state index >= 15 is 0 Å². The fourth-order valence-corrected chi connectivity index (χ4v) is 3.53. The van der Waals surface area contributed by atoms with Gasteiger partial charge in [0.25, 0.3) is 0 Å². The zero-order chi connectivity index (χ0) is 13.6. The first-order valence-corrected chi connectivity index (χ1v) is 7.50. The smallest absolute Gasteiger partial charge is 0.127 e. The molecule has 0 spiro atoms. The van der Waals surface area contributed by atoms with Crippen LogP contribution in [0.5, 0.6) is 0 Å². The lowest BCUT2D eigenvalue weighted by Gasteiger charge is -2.16. The summed E-state index contributed by atoms with van der Waals surface area (Å²) < 4.78 is 1.90. The Morgan fingerprint density at radius 2 is 2.16 bits per heavy atom. The van der Waals surface area contributed by atoms with Crippen molar-refractivity contribution in [2.24, 2.45) is 7.05 Å². The number of aryl methyl sites for hydroxylation is 1. The lowest BCUT2D eigenvalue weighted by molar-refractivity contribution is 0.554. The molecule has 1 aliphatic heterocycles. The van der Waals surface area contributed by atoms with Crippen molar-refractivity contribution in [3.8, 4) is 10.6 Å². The summed E-state index contributed by atoms with van der Waals surface area (Å²) in [6, 6.07) is 0. The van der Waals surface area contributed by atoms with Crippen molar-refractivity contribution < 1.29 is 0 Å². The van der Waals surface area contributed by atoms with E-state index in [-0.39, 0.29) is 5.41 Å². The maximum absolute atomic E-state index is 4.83. The number of nitrogens with zero attached hydrogens (tertiary/aromatic N) is 3. The molecule has 0 fully saturated rings. The van der Waals surface area contributed by atoms with E-state index in [4.69, 9.17) is 4.98 Å². The van der Waals surface area contributed by atoms with Gasteiger partial charge in [-0.15, -0.1) is 11.3 Å². The van der Waals surface area contributed by atoms with Crippen LogP contribution >= 0.6 is 11.3 Å². The van der Waals surface area contributed by atoms with Crippen LogP contribution in [0, 0.1) is 0 Å². The third-order valence-corrected chi connectivity index (χ3v) is 4.50. The summed E-state index contributed by atoms with van der Waals surface area (Å²) in [5.41, 5.74) is 3.63. The minimum Gasteiger partial charge on any atom is -0.311 e. The molecule has 2 aromatic heterocycles. The van der Waals surface area contributed by atoms with E-state index in [2.05, 4.69) is 37.4 Å². The average molecular weight is 276 g/mol. The monoisotopic (exact) mass is 276 g/mol. The molecular weight excluding hydrogens is 256 g/mol. The first-order valence-electron chi connectivity index (χ1n) is 6.69. The number of nitrogens with one attached hydrogen (secondary N) is 1. The fourth-order valence-electron chi connectivity index (χ4n) is 2.44. The van der Waals surface area contributed by atoms with Crippen LogP contribution in [0.3, 0.4) is 0 Å². The molecule has 102 valence electrons. The summed E-state index contributed by atoms with van der Waals surface area (Å²) in [4.78, 5) is 6.21. The molecule has 5 heteroatoms. The zero-order valence-electron chi connectivity index (χ0n) is 11.9. The van der Waals surface area contributed by atoms with E-state index in [0.29, 0.717) is 0 Å². The van der Waals surface area contributed by atoms with Gasteiger partial charge < -0.3 is 5.32 Å². The topological polar surface area (TPSA) is 42.7 Å².